The fourth-order valence-corrected chi connectivity index (χ4v) is 2.81. The van der Waals surface area contributed by atoms with E-state index >= 15 is 0 Å². The van der Waals surface area contributed by atoms with Crippen molar-refractivity contribution in [2.24, 2.45) is 0 Å². The molecule has 1 aromatic heterocycles. The molecule has 1 aromatic carbocycles. The van der Waals surface area contributed by atoms with E-state index in [1.54, 1.807) is 11.3 Å². The normalized spacial score (nSPS) is 12.5. The van der Waals surface area contributed by atoms with E-state index in [1.807, 2.05) is 0 Å². The first-order valence-electron chi connectivity index (χ1n) is 4.68. The number of nitrogen functional groups attached to an aromatic ring is 1. The number of hydrogen-bond acceptors (Lipinski definition) is 3. The number of anilines is 1. The van der Waals surface area contributed by atoms with Gasteiger partial charge in [-0.2, -0.15) is 0 Å². The zero-order valence-corrected chi connectivity index (χ0v) is 10.0. The molecule has 0 unspecified atom stereocenters. The van der Waals surface area contributed by atoms with Gasteiger partial charge in [-0.25, -0.2) is 4.98 Å². The van der Waals surface area contributed by atoms with Gasteiger partial charge in [-0.15, -0.1) is 11.3 Å². The molecule has 75 valence electrons. The first-order valence-corrected chi connectivity index (χ1v) is 5.50. The average Bonchev–Trinajstić information content (AvgIpc) is 2.59. The second-order valence-corrected chi connectivity index (χ2v) is 4.60. The zero-order chi connectivity index (χ0) is 9.54. The predicted molar refractivity (Wildman–Crippen MR) is 59.4 cm³/mol. The van der Waals surface area contributed by atoms with E-state index < -0.39 is 0 Å². The van der Waals surface area contributed by atoms with Gasteiger partial charge in [-0.3, -0.25) is 0 Å². The van der Waals surface area contributed by atoms with Crippen molar-refractivity contribution >= 4 is 16.5 Å². The van der Waals surface area contributed by atoms with Crippen molar-refractivity contribution in [3.63, 3.8) is 0 Å². The molecular formula is C11H10MnN2S+2. The molecule has 0 aliphatic heterocycles. The van der Waals surface area contributed by atoms with Gasteiger partial charge in [0.15, 0.2) is 5.13 Å². The van der Waals surface area contributed by atoms with Gasteiger partial charge in [-0.1, -0.05) is 24.3 Å². The number of benzene rings is 1. The summed E-state index contributed by atoms with van der Waals surface area (Å²) in [5.74, 6) is 0. The second kappa shape index (κ2) is 3.97. The van der Waals surface area contributed by atoms with Crippen LogP contribution in [0.3, 0.4) is 0 Å². The summed E-state index contributed by atoms with van der Waals surface area (Å²) in [5.41, 5.74) is 9.49. The van der Waals surface area contributed by atoms with Crippen molar-refractivity contribution in [1.29, 1.82) is 0 Å². The minimum Gasteiger partial charge on any atom is -0.375 e. The Labute approximate surface area is 103 Å². The van der Waals surface area contributed by atoms with Gasteiger partial charge >= 0.3 is 17.1 Å². The monoisotopic (exact) mass is 257 g/mol. The molecule has 1 radical (unpaired) electrons. The van der Waals surface area contributed by atoms with Crippen LogP contribution < -0.4 is 5.73 Å². The number of nitrogens with two attached hydrogens (primary N) is 1. The SMILES string of the molecule is Nc1nc2c(s1)CCc1ccccc1-2.[Mn+2]. The van der Waals surface area contributed by atoms with E-state index in [1.165, 1.54) is 16.0 Å². The Bertz CT molecular complexity index is 493. The molecule has 1 heterocycles. The molecule has 3 rings (SSSR count). The van der Waals surface area contributed by atoms with Crippen LogP contribution in [0, 0.1) is 0 Å². The molecule has 15 heavy (non-hydrogen) atoms. The first-order chi connectivity index (χ1) is 6.84. The Balaban J connectivity index is 0.000000853. The van der Waals surface area contributed by atoms with Crippen molar-refractivity contribution < 1.29 is 17.1 Å². The molecule has 0 spiro atoms. The Morgan fingerprint density at radius 3 is 2.87 bits per heavy atom. The van der Waals surface area contributed by atoms with Crippen molar-refractivity contribution in [2.45, 2.75) is 12.8 Å². The molecule has 1 aliphatic rings. The summed E-state index contributed by atoms with van der Waals surface area (Å²) in [6.07, 6.45) is 2.20. The minimum absolute atomic E-state index is 0. The molecule has 4 heteroatoms. The summed E-state index contributed by atoms with van der Waals surface area (Å²) < 4.78 is 0. The molecule has 0 saturated carbocycles. The molecule has 2 aromatic rings. The maximum Gasteiger partial charge on any atom is 2.00 e. The van der Waals surface area contributed by atoms with E-state index in [4.69, 9.17) is 5.73 Å². The first kappa shape index (κ1) is 10.7. The molecule has 2 N–H and O–H groups in total. The van der Waals surface area contributed by atoms with Crippen molar-refractivity contribution in [1.82, 2.24) is 4.98 Å². The van der Waals surface area contributed by atoms with Crippen molar-refractivity contribution in [2.75, 3.05) is 5.73 Å². The number of hydrogen-bond donors (Lipinski definition) is 1. The molecule has 0 fully saturated rings. The zero-order valence-electron chi connectivity index (χ0n) is 8.03. The summed E-state index contributed by atoms with van der Waals surface area (Å²) in [7, 11) is 0. The summed E-state index contributed by atoms with van der Waals surface area (Å²) in [5, 5.41) is 0.687. The average molecular weight is 257 g/mol. The number of rotatable bonds is 0. The Morgan fingerprint density at radius 1 is 1.20 bits per heavy atom. The molecule has 0 saturated heterocycles. The topological polar surface area (TPSA) is 38.9 Å². The number of nitrogens with zero attached hydrogens (tertiary/aromatic N) is 1. The molecule has 0 amide bonds. The Morgan fingerprint density at radius 2 is 2.00 bits per heavy atom. The van der Waals surface area contributed by atoms with E-state index in [0.717, 1.165) is 18.5 Å². The molecule has 2 nitrogen and oxygen atoms in total. The van der Waals surface area contributed by atoms with Crippen molar-refractivity contribution in [3.8, 4) is 11.3 Å². The fourth-order valence-electron chi connectivity index (χ4n) is 1.97. The largest absolute Gasteiger partial charge is 2.00 e. The van der Waals surface area contributed by atoms with Crippen LogP contribution >= 0.6 is 11.3 Å². The maximum atomic E-state index is 5.72. The van der Waals surface area contributed by atoms with Crippen LogP contribution in [0.1, 0.15) is 10.4 Å². The van der Waals surface area contributed by atoms with E-state index in [2.05, 4.69) is 29.2 Å². The van der Waals surface area contributed by atoms with E-state index in [9.17, 15) is 0 Å². The molecule has 1 aliphatic carbocycles. The van der Waals surface area contributed by atoms with Gasteiger partial charge < -0.3 is 5.73 Å². The third kappa shape index (κ3) is 1.69. The fraction of sp³-hybridized carbons (Fsp3) is 0.182. The Hall–Kier alpha value is -0.831. The third-order valence-electron chi connectivity index (χ3n) is 2.61. The van der Waals surface area contributed by atoms with Crippen LogP contribution in [0.4, 0.5) is 5.13 Å². The summed E-state index contributed by atoms with van der Waals surface area (Å²) in [6, 6.07) is 8.45. The second-order valence-electron chi connectivity index (χ2n) is 3.48. The predicted octanol–water partition coefficient (Wildman–Crippen LogP) is 2.49. The minimum atomic E-state index is 0. The maximum absolute atomic E-state index is 5.72. The standard InChI is InChI=1S/C11H10N2S.Mn/c12-11-13-10-8-4-2-1-3-7(8)5-6-9(10)14-11;/h1-4H,5-6H2,(H2,12,13);/q;+2. The number of aryl methyl sites for hydroxylation is 2. The van der Waals surface area contributed by atoms with Gasteiger partial charge in [-0.05, 0) is 18.4 Å². The van der Waals surface area contributed by atoms with Crippen LogP contribution in [-0.2, 0) is 29.9 Å². The van der Waals surface area contributed by atoms with E-state index in [-0.39, 0.29) is 17.1 Å². The van der Waals surface area contributed by atoms with Gasteiger partial charge in [0, 0.05) is 10.4 Å². The van der Waals surface area contributed by atoms with Crippen LogP contribution in [0.25, 0.3) is 11.3 Å². The summed E-state index contributed by atoms with van der Waals surface area (Å²) >= 11 is 1.62. The van der Waals surface area contributed by atoms with Gasteiger partial charge in [0.1, 0.15) is 0 Å². The van der Waals surface area contributed by atoms with Crippen molar-refractivity contribution in [3.05, 3.63) is 34.7 Å². The summed E-state index contributed by atoms with van der Waals surface area (Å²) in [6.45, 7) is 0. The smallest absolute Gasteiger partial charge is 0.375 e. The van der Waals surface area contributed by atoms with Gasteiger partial charge in [0.25, 0.3) is 0 Å². The molecule has 0 bridgehead atoms. The third-order valence-corrected chi connectivity index (χ3v) is 3.55. The van der Waals surface area contributed by atoms with Crippen LogP contribution in [-0.4, -0.2) is 4.98 Å². The number of fused-ring (bicyclic) bond motifs is 3. The molecule has 0 atom stereocenters. The van der Waals surface area contributed by atoms with Gasteiger partial charge in [0.2, 0.25) is 0 Å². The van der Waals surface area contributed by atoms with Crippen LogP contribution in [0.15, 0.2) is 24.3 Å². The number of aromatic nitrogens is 1. The quantitative estimate of drug-likeness (QED) is 0.736. The van der Waals surface area contributed by atoms with Crippen LogP contribution in [0.2, 0.25) is 0 Å². The Kier molecular flexibility index (Phi) is 2.83. The van der Waals surface area contributed by atoms with Crippen LogP contribution in [0.5, 0.6) is 0 Å². The number of thiazole rings is 1. The summed E-state index contributed by atoms with van der Waals surface area (Å²) in [4.78, 5) is 5.72. The van der Waals surface area contributed by atoms with Gasteiger partial charge in [0.05, 0.1) is 5.69 Å². The molecular weight excluding hydrogens is 247 g/mol. The van der Waals surface area contributed by atoms with E-state index in [0.29, 0.717) is 5.13 Å².